The zero-order valence-electron chi connectivity index (χ0n) is 13.7. The molecule has 21 heavy (non-hydrogen) atoms. The molecule has 0 spiro atoms. The molecule has 0 aliphatic carbocycles. The molecule has 0 saturated carbocycles. The van der Waals surface area contributed by atoms with Crippen molar-refractivity contribution in [3.63, 3.8) is 0 Å². The van der Waals surface area contributed by atoms with Gasteiger partial charge >= 0.3 is 0 Å². The second-order valence-corrected chi connectivity index (χ2v) is 5.93. The van der Waals surface area contributed by atoms with Crippen LogP contribution in [0.3, 0.4) is 0 Å². The van der Waals surface area contributed by atoms with E-state index in [9.17, 15) is 0 Å². The molecule has 0 aromatic heterocycles. The first kappa shape index (κ1) is 15.6. The maximum absolute atomic E-state index is 6.20. The van der Waals surface area contributed by atoms with E-state index < -0.39 is 0 Å². The maximum atomic E-state index is 6.20. The van der Waals surface area contributed by atoms with Crippen molar-refractivity contribution in [1.82, 2.24) is 5.32 Å². The maximum Gasteiger partial charge on any atom is 0.131 e. The van der Waals surface area contributed by atoms with Crippen molar-refractivity contribution in [2.24, 2.45) is 0 Å². The summed E-state index contributed by atoms with van der Waals surface area (Å²) < 4.78 is 6.20. The predicted molar refractivity (Wildman–Crippen MR) is 89.3 cm³/mol. The lowest BCUT2D eigenvalue weighted by Gasteiger charge is -2.16. The van der Waals surface area contributed by atoms with Crippen molar-refractivity contribution < 1.29 is 4.74 Å². The van der Waals surface area contributed by atoms with Gasteiger partial charge in [0.05, 0.1) is 0 Å². The quantitative estimate of drug-likeness (QED) is 0.839. The van der Waals surface area contributed by atoms with Crippen molar-refractivity contribution in [3.8, 4) is 11.5 Å². The van der Waals surface area contributed by atoms with Gasteiger partial charge in [-0.05, 0) is 61.2 Å². The number of hydrogen-bond donors (Lipinski definition) is 1. The number of benzene rings is 2. The molecule has 0 saturated heterocycles. The van der Waals surface area contributed by atoms with Gasteiger partial charge in [-0.1, -0.05) is 38.1 Å². The molecule has 0 unspecified atom stereocenters. The third kappa shape index (κ3) is 3.85. The van der Waals surface area contributed by atoms with Crippen LogP contribution in [-0.4, -0.2) is 7.05 Å². The molecular formula is C19H25NO. The molecule has 0 atom stereocenters. The zero-order chi connectivity index (χ0) is 15.4. The van der Waals surface area contributed by atoms with E-state index in [1.54, 1.807) is 0 Å². The van der Waals surface area contributed by atoms with Crippen LogP contribution in [-0.2, 0) is 6.54 Å². The van der Waals surface area contributed by atoms with Crippen LogP contribution in [0.5, 0.6) is 11.5 Å². The van der Waals surface area contributed by atoms with Crippen LogP contribution in [0.25, 0.3) is 0 Å². The molecule has 2 rings (SSSR count). The van der Waals surface area contributed by atoms with Crippen LogP contribution in [0.4, 0.5) is 0 Å². The molecule has 0 aliphatic rings. The van der Waals surface area contributed by atoms with Gasteiger partial charge in [-0.2, -0.15) is 0 Å². The molecule has 0 radical (unpaired) electrons. The monoisotopic (exact) mass is 283 g/mol. The average Bonchev–Trinajstić information content (AvgIpc) is 2.42. The largest absolute Gasteiger partial charge is 0.457 e. The molecule has 0 fully saturated rings. The number of aryl methyl sites for hydroxylation is 2. The van der Waals surface area contributed by atoms with Crippen molar-refractivity contribution in [2.45, 2.75) is 40.2 Å². The summed E-state index contributed by atoms with van der Waals surface area (Å²) in [6.07, 6.45) is 0. The Kier molecular flexibility index (Phi) is 5.03. The summed E-state index contributed by atoms with van der Waals surface area (Å²) in [5.41, 5.74) is 4.91. The summed E-state index contributed by atoms with van der Waals surface area (Å²) >= 11 is 0. The van der Waals surface area contributed by atoms with E-state index >= 15 is 0 Å². The molecule has 112 valence electrons. The van der Waals surface area contributed by atoms with Gasteiger partial charge in [0, 0.05) is 6.54 Å². The number of rotatable bonds is 5. The highest BCUT2D eigenvalue weighted by Gasteiger charge is 2.10. The van der Waals surface area contributed by atoms with Gasteiger partial charge in [-0.25, -0.2) is 0 Å². The fourth-order valence-corrected chi connectivity index (χ4v) is 2.47. The Hall–Kier alpha value is -1.80. The minimum absolute atomic E-state index is 0.449. The molecule has 0 bridgehead atoms. The third-order valence-corrected chi connectivity index (χ3v) is 3.63. The smallest absolute Gasteiger partial charge is 0.131 e. The predicted octanol–water partition coefficient (Wildman–Crippen LogP) is 4.94. The van der Waals surface area contributed by atoms with E-state index in [-0.39, 0.29) is 0 Å². The SMILES string of the molecule is CNCc1ccc(Oc2cc(C)ccc2C(C)C)c(C)c1. The van der Waals surface area contributed by atoms with Crippen molar-refractivity contribution in [1.29, 1.82) is 0 Å². The Morgan fingerprint density at radius 1 is 1.00 bits per heavy atom. The lowest BCUT2D eigenvalue weighted by atomic mass is 10.0. The number of hydrogen-bond acceptors (Lipinski definition) is 2. The Morgan fingerprint density at radius 3 is 2.38 bits per heavy atom. The molecule has 2 aromatic rings. The summed E-state index contributed by atoms with van der Waals surface area (Å²) in [7, 11) is 1.96. The summed E-state index contributed by atoms with van der Waals surface area (Å²) in [5, 5.41) is 3.17. The van der Waals surface area contributed by atoms with Crippen LogP contribution in [0, 0.1) is 13.8 Å². The summed E-state index contributed by atoms with van der Waals surface area (Å²) in [6.45, 7) is 9.46. The van der Waals surface area contributed by atoms with Gasteiger partial charge in [0.1, 0.15) is 11.5 Å². The van der Waals surface area contributed by atoms with Gasteiger partial charge in [0.15, 0.2) is 0 Å². The third-order valence-electron chi connectivity index (χ3n) is 3.63. The van der Waals surface area contributed by atoms with Crippen molar-refractivity contribution in [2.75, 3.05) is 7.05 Å². The standard InChI is InChI=1S/C19H25NO/c1-13(2)17-8-6-14(3)10-19(17)21-18-9-7-16(12-20-5)11-15(18)4/h6-11,13,20H,12H2,1-5H3. The lowest BCUT2D eigenvalue weighted by molar-refractivity contribution is 0.469. The molecule has 1 N–H and O–H groups in total. The van der Waals surface area contributed by atoms with Crippen LogP contribution in [0.15, 0.2) is 36.4 Å². The molecule has 2 heteroatoms. The molecule has 0 aliphatic heterocycles. The minimum atomic E-state index is 0.449. The Labute approximate surface area is 128 Å². The lowest BCUT2D eigenvalue weighted by Crippen LogP contribution is -2.05. The van der Waals surface area contributed by atoms with Gasteiger partial charge in [0.2, 0.25) is 0 Å². The highest BCUT2D eigenvalue weighted by atomic mass is 16.5. The van der Waals surface area contributed by atoms with Crippen molar-refractivity contribution >= 4 is 0 Å². The van der Waals surface area contributed by atoms with E-state index in [1.165, 1.54) is 22.3 Å². The van der Waals surface area contributed by atoms with Crippen LogP contribution in [0.2, 0.25) is 0 Å². The Balaban J connectivity index is 2.31. The topological polar surface area (TPSA) is 21.3 Å². The first-order valence-electron chi connectivity index (χ1n) is 7.53. The van der Waals surface area contributed by atoms with Gasteiger partial charge in [0.25, 0.3) is 0 Å². The van der Waals surface area contributed by atoms with Crippen molar-refractivity contribution in [3.05, 3.63) is 58.7 Å². The van der Waals surface area contributed by atoms with E-state index in [4.69, 9.17) is 4.74 Å². The highest BCUT2D eigenvalue weighted by molar-refractivity contribution is 5.45. The fraction of sp³-hybridized carbons (Fsp3) is 0.368. The van der Waals surface area contributed by atoms with Gasteiger partial charge in [-0.3, -0.25) is 0 Å². The van der Waals surface area contributed by atoms with Crippen LogP contribution < -0.4 is 10.1 Å². The first-order valence-corrected chi connectivity index (χ1v) is 7.53. The average molecular weight is 283 g/mol. The van der Waals surface area contributed by atoms with Gasteiger partial charge < -0.3 is 10.1 Å². The normalized spacial score (nSPS) is 11.0. The van der Waals surface area contributed by atoms with E-state index in [2.05, 4.69) is 69.4 Å². The fourth-order valence-electron chi connectivity index (χ4n) is 2.47. The number of ether oxygens (including phenoxy) is 1. The Bertz CT molecular complexity index is 617. The molecule has 2 aromatic carbocycles. The molecular weight excluding hydrogens is 258 g/mol. The highest BCUT2D eigenvalue weighted by Crippen LogP contribution is 2.33. The van der Waals surface area contributed by atoms with E-state index in [1.807, 2.05) is 7.05 Å². The summed E-state index contributed by atoms with van der Waals surface area (Å²) in [6, 6.07) is 12.8. The second kappa shape index (κ2) is 6.77. The molecule has 2 nitrogen and oxygen atoms in total. The van der Waals surface area contributed by atoms with Gasteiger partial charge in [-0.15, -0.1) is 0 Å². The molecule has 0 heterocycles. The minimum Gasteiger partial charge on any atom is -0.457 e. The van der Waals surface area contributed by atoms with E-state index in [0.717, 1.165) is 18.0 Å². The summed E-state index contributed by atoms with van der Waals surface area (Å²) in [4.78, 5) is 0. The number of nitrogens with one attached hydrogen (secondary N) is 1. The summed E-state index contributed by atoms with van der Waals surface area (Å²) in [5.74, 6) is 2.35. The van der Waals surface area contributed by atoms with Crippen LogP contribution >= 0.6 is 0 Å². The zero-order valence-corrected chi connectivity index (χ0v) is 13.7. The first-order chi connectivity index (χ1) is 10.0. The van der Waals surface area contributed by atoms with E-state index in [0.29, 0.717) is 5.92 Å². The second-order valence-electron chi connectivity index (χ2n) is 5.93. The Morgan fingerprint density at radius 2 is 1.76 bits per heavy atom. The molecule has 0 amide bonds. The van der Waals surface area contributed by atoms with Crippen LogP contribution in [0.1, 0.15) is 42.0 Å².